The van der Waals surface area contributed by atoms with Crippen molar-refractivity contribution < 1.29 is 14.4 Å². The number of nitrogens with zero attached hydrogens (tertiary/aromatic N) is 1. The van der Waals surface area contributed by atoms with Gasteiger partial charge in [-0.15, -0.1) is 0 Å². The Balaban J connectivity index is 2.15. The second kappa shape index (κ2) is 14.5. The Bertz CT molecular complexity index is 1010. The van der Waals surface area contributed by atoms with Crippen LogP contribution in [0.3, 0.4) is 0 Å². The lowest BCUT2D eigenvalue weighted by Crippen LogP contribution is -2.50. The molecule has 202 valence electrons. The van der Waals surface area contributed by atoms with Gasteiger partial charge in [0.25, 0.3) is 11.8 Å². The molecule has 3 amide bonds. The molecule has 7 heteroatoms. The number of nitrogens with one attached hydrogen (secondary N) is 3. The lowest BCUT2D eigenvalue weighted by atomic mass is 10.0. The van der Waals surface area contributed by atoms with Crippen LogP contribution in [-0.2, 0) is 11.2 Å². The fourth-order valence-corrected chi connectivity index (χ4v) is 4.22. The molecular weight excluding hydrogens is 464 g/mol. The van der Waals surface area contributed by atoms with Crippen LogP contribution in [0.15, 0.2) is 54.6 Å². The van der Waals surface area contributed by atoms with Gasteiger partial charge in [0.05, 0.1) is 6.04 Å². The van der Waals surface area contributed by atoms with Crippen LogP contribution < -0.4 is 16.0 Å². The summed E-state index contributed by atoms with van der Waals surface area (Å²) in [5, 5.41) is 9.31. The topological polar surface area (TPSA) is 90.5 Å². The largest absolute Gasteiger partial charge is 0.354 e. The molecular formula is C30H44N4O3. The first-order chi connectivity index (χ1) is 17.5. The fraction of sp³-hybridized carbons (Fsp3) is 0.500. The number of hydrogen-bond acceptors (Lipinski definition) is 4. The van der Waals surface area contributed by atoms with Gasteiger partial charge < -0.3 is 20.9 Å². The Morgan fingerprint density at radius 1 is 0.784 bits per heavy atom. The number of carbonyl (C=O) groups excluding carboxylic acids is 3. The Hall–Kier alpha value is -3.19. The molecule has 0 aliphatic heterocycles. The highest BCUT2D eigenvalue weighted by Crippen LogP contribution is 2.14. The van der Waals surface area contributed by atoms with Crippen LogP contribution in [-0.4, -0.2) is 59.9 Å². The summed E-state index contributed by atoms with van der Waals surface area (Å²) < 4.78 is 0. The normalized spacial score (nSPS) is 12.9. The first-order valence-corrected chi connectivity index (χ1v) is 13.3. The number of rotatable bonds is 13. The number of benzene rings is 2. The van der Waals surface area contributed by atoms with Crippen molar-refractivity contribution in [2.75, 3.05) is 13.1 Å². The SMILES string of the molecule is CC(C)CNC(=O)[C@H](C)NC[C@H](Cc1ccccc1)NC(=O)c1cccc(C(=O)N(C(C)C)C(C)C)c1. The van der Waals surface area contributed by atoms with Crippen molar-refractivity contribution in [3.8, 4) is 0 Å². The van der Waals surface area contributed by atoms with Crippen molar-refractivity contribution in [2.24, 2.45) is 5.92 Å². The molecule has 0 bridgehead atoms. The standard InChI is InChI=1S/C30H44N4O3/c1-20(2)18-32-28(35)23(7)31-19-27(16-24-12-9-8-10-13-24)33-29(36)25-14-11-15-26(17-25)30(37)34(21(3)4)22(5)6/h8-15,17,20-23,27,31H,16,18-19H2,1-7H3,(H,32,35)(H,33,36)/t23-,27-/m0/s1. The van der Waals surface area contributed by atoms with Crippen LogP contribution in [0.25, 0.3) is 0 Å². The molecule has 0 heterocycles. The predicted molar refractivity (Wildman–Crippen MR) is 150 cm³/mol. The number of carbonyl (C=O) groups is 3. The molecule has 0 aliphatic carbocycles. The van der Waals surface area contributed by atoms with Crippen LogP contribution in [0, 0.1) is 5.92 Å². The minimum Gasteiger partial charge on any atom is -0.354 e. The van der Waals surface area contributed by atoms with Gasteiger partial charge in [-0.25, -0.2) is 0 Å². The molecule has 0 radical (unpaired) electrons. The van der Waals surface area contributed by atoms with Gasteiger partial charge in [0.1, 0.15) is 0 Å². The number of amides is 3. The van der Waals surface area contributed by atoms with E-state index in [1.165, 1.54) is 0 Å². The summed E-state index contributed by atoms with van der Waals surface area (Å²) >= 11 is 0. The van der Waals surface area contributed by atoms with E-state index in [0.29, 0.717) is 36.6 Å². The van der Waals surface area contributed by atoms with Gasteiger partial charge in [-0.05, 0) is 70.7 Å². The fourth-order valence-electron chi connectivity index (χ4n) is 4.22. The van der Waals surface area contributed by atoms with Crippen molar-refractivity contribution in [2.45, 2.75) is 79.1 Å². The Labute approximate surface area is 222 Å². The highest BCUT2D eigenvalue weighted by atomic mass is 16.2. The smallest absolute Gasteiger partial charge is 0.254 e. The van der Waals surface area contributed by atoms with E-state index in [2.05, 4.69) is 29.8 Å². The maximum absolute atomic E-state index is 13.3. The van der Waals surface area contributed by atoms with Crippen LogP contribution >= 0.6 is 0 Å². The van der Waals surface area contributed by atoms with Gasteiger partial charge in [0.2, 0.25) is 5.91 Å². The maximum Gasteiger partial charge on any atom is 0.254 e. The minimum atomic E-state index is -0.395. The molecule has 2 rings (SSSR count). The molecule has 2 atom stereocenters. The molecule has 0 aliphatic rings. The Kier molecular flexibility index (Phi) is 11.8. The Morgan fingerprint density at radius 3 is 2.00 bits per heavy atom. The second-order valence-electron chi connectivity index (χ2n) is 10.6. The molecule has 0 saturated heterocycles. The lowest BCUT2D eigenvalue weighted by molar-refractivity contribution is -0.122. The molecule has 0 spiro atoms. The molecule has 37 heavy (non-hydrogen) atoms. The van der Waals surface area contributed by atoms with Crippen molar-refractivity contribution in [3.05, 3.63) is 71.3 Å². The average molecular weight is 509 g/mol. The van der Waals surface area contributed by atoms with E-state index >= 15 is 0 Å². The van der Waals surface area contributed by atoms with Crippen molar-refractivity contribution >= 4 is 17.7 Å². The van der Waals surface area contributed by atoms with Gasteiger partial charge in [-0.2, -0.15) is 0 Å². The lowest BCUT2D eigenvalue weighted by Gasteiger charge is -2.31. The van der Waals surface area contributed by atoms with E-state index in [9.17, 15) is 14.4 Å². The molecule has 0 aromatic heterocycles. The summed E-state index contributed by atoms with van der Waals surface area (Å²) in [5.41, 5.74) is 2.00. The summed E-state index contributed by atoms with van der Waals surface area (Å²) in [5.74, 6) is -0.0417. The molecule has 0 saturated carbocycles. The van der Waals surface area contributed by atoms with Crippen LogP contribution in [0.1, 0.15) is 74.7 Å². The predicted octanol–water partition coefficient (Wildman–Crippen LogP) is 4.04. The molecule has 0 unspecified atom stereocenters. The zero-order valence-corrected chi connectivity index (χ0v) is 23.4. The van der Waals surface area contributed by atoms with Gasteiger partial charge in [0, 0.05) is 42.3 Å². The van der Waals surface area contributed by atoms with Crippen molar-refractivity contribution in [1.82, 2.24) is 20.9 Å². The third-order valence-electron chi connectivity index (χ3n) is 6.13. The highest BCUT2D eigenvalue weighted by Gasteiger charge is 2.23. The monoisotopic (exact) mass is 508 g/mol. The summed E-state index contributed by atoms with van der Waals surface area (Å²) in [6.07, 6.45) is 0.604. The minimum absolute atomic E-state index is 0.0473. The van der Waals surface area contributed by atoms with Crippen molar-refractivity contribution in [3.63, 3.8) is 0 Å². The molecule has 0 fully saturated rings. The molecule has 7 nitrogen and oxygen atoms in total. The third-order valence-corrected chi connectivity index (χ3v) is 6.13. The molecule has 3 N–H and O–H groups in total. The first kappa shape index (κ1) is 30.0. The van der Waals surface area contributed by atoms with Gasteiger partial charge in [-0.1, -0.05) is 50.2 Å². The zero-order valence-electron chi connectivity index (χ0n) is 23.4. The van der Waals surface area contributed by atoms with Crippen LogP contribution in [0.5, 0.6) is 0 Å². The number of hydrogen-bond donors (Lipinski definition) is 3. The van der Waals surface area contributed by atoms with Crippen molar-refractivity contribution in [1.29, 1.82) is 0 Å². The summed E-state index contributed by atoms with van der Waals surface area (Å²) in [6.45, 7) is 14.9. The van der Waals surface area contributed by atoms with Gasteiger partial charge in [-0.3, -0.25) is 14.4 Å². The van der Waals surface area contributed by atoms with Gasteiger partial charge >= 0.3 is 0 Å². The van der Waals surface area contributed by atoms with Crippen LogP contribution in [0.2, 0.25) is 0 Å². The van der Waals surface area contributed by atoms with E-state index in [-0.39, 0.29) is 35.8 Å². The summed E-state index contributed by atoms with van der Waals surface area (Å²) in [7, 11) is 0. The summed E-state index contributed by atoms with van der Waals surface area (Å²) in [4.78, 5) is 40.6. The molecule has 2 aromatic rings. The van der Waals surface area contributed by atoms with E-state index in [1.807, 2.05) is 69.9 Å². The van der Waals surface area contributed by atoms with E-state index in [0.717, 1.165) is 5.56 Å². The van der Waals surface area contributed by atoms with E-state index < -0.39 is 6.04 Å². The Morgan fingerprint density at radius 2 is 1.41 bits per heavy atom. The zero-order chi connectivity index (χ0) is 27.5. The maximum atomic E-state index is 13.3. The summed E-state index contributed by atoms with van der Waals surface area (Å²) in [6, 6.07) is 16.2. The van der Waals surface area contributed by atoms with E-state index in [1.54, 1.807) is 24.3 Å². The van der Waals surface area contributed by atoms with Gasteiger partial charge in [0.15, 0.2) is 0 Å². The quantitative estimate of drug-likeness (QED) is 0.381. The average Bonchev–Trinajstić information content (AvgIpc) is 2.85. The molecule has 2 aromatic carbocycles. The third kappa shape index (κ3) is 9.65. The first-order valence-electron chi connectivity index (χ1n) is 13.3. The highest BCUT2D eigenvalue weighted by molar-refractivity contribution is 6.00. The van der Waals surface area contributed by atoms with Crippen LogP contribution in [0.4, 0.5) is 0 Å². The van der Waals surface area contributed by atoms with E-state index in [4.69, 9.17) is 0 Å². The second-order valence-corrected chi connectivity index (χ2v) is 10.6.